The number of rotatable bonds is 11. The monoisotopic (exact) mass is 523 g/mol. The number of benzene rings is 3. The zero-order chi connectivity index (χ0) is 27.2. The summed E-state index contributed by atoms with van der Waals surface area (Å²) in [5.41, 5.74) is 4.13. The highest BCUT2D eigenvalue weighted by Gasteiger charge is 2.24. The number of aromatic nitrogens is 7. The Kier molecular flexibility index (Phi) is 7.72. The summed E-state index contributed by atoms with van der Waals surface area (Å²) in [6.07, 6.45) is 2.47. The maximum absolute atomic E-state index is 13.5. The molecular formula is C29H29N7O3. The molecule has 0 bridgehead atoms. The van der Waals surface area contributed by atoms with Crippen LogP contribution in [-0.2, 0) is 24.3 Å². The van der Waals surface area contributed by atoms with E-state index in [4.69, 9.17) is 0 Å². The van der Waals surface area contributed by atoms with Gasteiger partial charge in [-0.05, 0) is 39.1 Å². The van der Waals surface area contributed by atoms with Crippen LogP contribution in [0.1, 0.15) is 42.6 Å². The SMILES string of the molecule is CCCCc1nn(CC(C(=O)O)c2ccccc2)c(=O)n1Cc1ccc(-c2ccccc2-c2nnn[nH]2)cc1. The van der Waals surface area contributed by atoms with Crippen LogP contribution in [0.3, 0.4) is 0 Å². The van der Waals surface area contributed by atoms with Gasteiger partial charge in [0.2, 0.25) is 0 Å². The van der Waals surface area contributed by atoms with Crippen LogP contribution in [0, 0.1) is 0 Å². The second kappa shape index (κ2) is 11.7. The average Bonchev–Trinajstić information content (AvgIpc) is 3.60. The van der Waals surface area contributed by atoms with E-state index < -0.39 is 11.9 Å². The van der Waals surface area contributed by atoms with Crippen molar-refractivity contribution in [1.82, 2.24) is 35.0 Å². The number of hydrogen-bond acceptors (Lipinski definition) is 6. The molecule has 0 amide bonds. The van der Waals surface area contributed by atoms with Crippen LogP contribution in [0.5, 0.6) is 0 Å². The molecule has 5 aromatic rings. The molecule has 2 aromatic heterocycles. The van der Waals surface area contributed by atoms with Crippen LogP contribution in [0.25, 0.3) is 22.5 Å². The first-order valence-corrected chi connectivity index (χ1v) is 12.9. The Labute approximate surface area is 225 Å². The summed E-state index contributed by atoms with van der Waals surface area (Å²) >= 11 is 0. The van der Waals surface area contributed by atoms with Crippen molar-refractivity contribution in [1.29, 1.82) is 0 Å². The second-order valence-electron chi connectivity index (χ2n) is 9.36. The molecule has 3 aromatic carbocycles. The first-order valence-electron chi connectivity index (χ1n) is 12.9. The number of aryl methyl sites for hydroxylation is 1. The van der Waals surface area contributed by atoms with Gasteiger partial charge < -0.3 is 5.11 Å². The van der Waals surface area contributed by atoms with E-state index in [2.05, 4.69) is 32.6 Å². The maximum Gasteiger partial charge on any atom is 0.346 e. The van der Waals surface area contributed by atoms with Crippen molar-refractivity contribution >= 4 is 5.97 Å². The van der Waals surface area contributed by atoms with E-state index in [0.29, 0.717) is 30.2 Å². The van der Waals surface area contributed by atoms with Crippen molar-refractivity contribution in [3.05, 3.63) is 106 Å². The molecule has 0 aliphatic heterocycles. The van der Waals surface area contributed by atoms with Crippen LogP contribution in [0.15, 0.2) is 83.7 Å². The fraction of sp³-hybridized carbons (Fsp3) is 0.241. The van der Waals surface area contributed by atoms with E-state index in [0.717, 1.165) is 35.1 Å². The first-order chi connectivity index (χ1) is 19.0. The van der Waals surface area contributed by atoms with Crippen molar-refractivity contribution in [3.63, 3.8) is 0 Å². The third-order valence-electron chi connectivity index (χ3n) is 6.74. The Bertz CT molecular complexity index is 1590. The van der Waals surface area contributed by atoms with Gasteiger partial charge in [-0.15, -0.1) is 5.10 Å². The molecule has 10 heteroatoms. The van der Waals surface area contributed by atoms with Crippen molar-refractivity contribution in [3.8, 4) is 22.5 Å². The van der Waals surface area contributed by atoms with Gasteiger partial charge in [-0.1, -0.05) is 92.2 Å². The molecule has 39 heavy (non-hydrogen) atoms. The van der Waals surface area contributed by atoms with Gasteiger partial charge >= 0.3 is 11.7 Å². The molecule has 2 N–H and O–H groups in total. The number of aliphatic carboxylic acids is 1. The zero-order valence-electron chi connectivity index (χ0n) is 21.6. The number of tetrazole rings is 1. The molecule has 0 saturated heterocycles. The molecule has 5 rings (SSSR count). The van der Waals surface area contributed by atoms with Gasteiger partial charge in [0.05, 0.1) is 13.1 Å². The highest BCUT2D eigenvalue weighted by atomic mass is 16.4. The minimum absolute atomic E-state index is 0.0312. The zero-order valence-corrected chi connectivity index (χ0v) is 21.6. The normalized spacial score (nSPS) is 11.9. The Morgan fingerprint density at radius 3 is 2.36 bits per heavy atom. The smallest absolute Gasteiger partial charge is 0.346 e. The summed E-state index contributed by atoms with van der Waals surface area (Å²) in [5.74, 6) is -0.615. The second-order valence-corrected chi connectivity index (χ2v) is 9.36. The van der Waals surface area contributed by atoms with Gasteiger partial charge in [0, 0.05) is 12.0 Å². The average molecular weight is 524 g/mol. The molecule has 0 spiro atoms. The predicted octanol–water partition coefficient (Wildman–Crippen LogP) is 4.15. The van der Waals surface area contributed by atoms with E-state index >= 15 is 0 Å². The Morgan fingerprint density at radius 2 is 1.69 bits per heavy atom. The topological polar surface area (TPSA) is 132 Å². The molecule has 198 valence electrons. The van der Waals surface area contributed by atoms with Crippen LogP contribution >= 0.6 is 0 Å². The number of nitrogens with one attached hydrogen (secondary N) is 1. The van der Waals surface area contributed by atoms with Crippen LogP contribution in [-0.4, -0.2) is 46.0 Å². The highest BCUT2D eigenvalue weighted by molar-refractivity contribution is 5.80. The van der Waals surface area contributed by atoms with Gasteiger partial charge in [0.25, 0.3) is 0 Å². The Morgan fingerprint density at radius 1 is 0.974 bits per heavy atom. The summed E-state index contributed by atoms with van der Waals surface area (Å²) in [7, 11) is 0. The molecule has 0 fully saturated rings. The summed E-state index contributed by atoms with van der Waals surface area (Å²) in [6.45, 7) is 2.39. The number of H-pyrrole nitrogens is 1. The van der Waals surface area contributed by atoms with Gasteiger partial charge in [0.1, 0.15) is 11.7 Å². The molecule has 0 saturated carbocycles. The predicted molar refractivity (Wildman–Crippen MR) is 146 cm³/mol. The lowest BCUT2D eigenvalue weighted by atomic mass is 9.98. The molecular weight excluding hydrogens is 494 g/mol. The lowest BCUT2D eigenvalue weighted by Gasteiger charge is -2.12. The van der Waals surface area contributed by atoms with Gasteiger partial charge in [-0.3, -0.25) is 9.36 Å². The number of carboxylic acids is 1. The van der Waals surface area contributed by atoms with E-state index in [9.17, 15) is 14.7 Å². The van der Waals surface area contributed by atoms with E-state index in [1.165, 1.54) is 4.68 Å². The quantitative estimate of drug-likeness (QED) is 0.266. The molecule has 10 nitrogen and oxygen atoms in total. The number of carboxylic acid groups (broad SMARTS) is 1. The van der Waals surface area contributed by atoms with Crippen molar-refractivity contribution in [2.75, 3.05) is 0 Å². The van der Waals surface area contributed by atoms with Crippen LogP contribution in [0.2, 0.25) is 0 Å². The minimum Gasteiger partial charge on any atom is -0.481 e. The number of nitrogens with zero attached hydrogens (tertiary/aromatic N) is 6. The molecule has 0 aliphatic carbocycles. The molecule has 0 radical (unpaired) electrons. The van der Waals surface area contributed by atoms with Crippen LogP contribution < -0.4 is 5.69 Å². The van der Waals surface area contributed by atoms with E-state index in [1.54, 1.807) is 28.8 Å². The van der Waals surface area contributed by atoms with Gasteiger partial charge in [-0.2, -0.15) is 5.10 Å². The van der Waals surface area contributed by atoms with Gasteiger partial charge in [-0.25, -0.2) is 14.6 Å². The summed E-state index contributed by atoms with van der Waals surface area (Å²) < 4.78 is 2.95. The van der Waals surface area contributed by atoms with Crippen molar-refractivity contribution < 1.29 is 9.90 Å². The van der Waals surface area contributed by atoms with Crippen molar-refractivity contribution in [2.24, 2.45) is 0 Å². The van der Waals surface area contributed by atoms with Crippen LogP contribution in [0.4, 0.5) is 0 Å². The molecule has 1 unspecified atom stereocenters. The number of carbonyl (C=O) groups is 1. The fourth-order valence-electron chi connectivity index (χ4n) is 4.65. The third-order valence-corrected chi connectivity index (χ3v) is 6.74. The Balaban J connectivity index is 1.43. The number of aromatic amines is 1. The summed E-state index contributed by atoms with van der Waals surface area (Å²) in [4.78, 5) is 25.5. The van der Waals surface area contributed by atoms with E-state index in [1.807, 2.05) is 54.6 Å². The standard InChI is InChI=1S/C29H29N7O3/c1-2-3-13-26-32-36(19-25(28(37)38)21-9-5-4-6-10-21)29(39)35(26)18-20-14-16-22(17-15-20)23-11-7-8-12-24(23)27-30-33-34-31-27/h4-12,14-17,25H,2-3,13,18-19H2,1H3,(H,37,38)(H,30,31,33,34). The lowest BCUT2D eigenvalue weighted by Crippen LogP contribution is -2.29. The minimum atomic E-state index is -0.991. The fourth-order valence-corrected chi connectivity index (χ4v) is 4.65. The van der Waals surface area contributed by atoms with E-state index in [-0.39, 0.29) is 12.2 Å². The molecule has 2 heterocycles. The maximum atomic E-state index is 13.5. The summed E-state index contributed by atoms with van der Waals surface area (Å²) in [6, 6.07) is 24.8. The first kappa shape index (κ1) is 25.8. The lowest BCUT2D eigenvalue weighted by molar-refractivity contribution is -0.139. The summed E-state index contributed by atoms with van der Waals surface area (Å²) in [5, 5.41) is 28.7. The highest BCUT2D eigenvalue weighted by Crippen LogP contribution is 2.29. The Hall–Kier alpha value is -4.86. The van der Waals surface area contributed by atoms with Crippen molar-refractivity contribution in [2.45, 2.75) is 45.2 Å². The molecule has 1 atom stereocenters. The largest absolute Gasteiger partial charge is 0.481 e. The third kappa shape index (κ3) is 5.69. The number of hydrogen-bond donors (Lipinski definition) is 2. The number of unbranched alkanes of at least 4 members (excludes halogenated alkanes) is 1. The molecule has 0 aliphatic rings. The van der Waals surface area contributed by atoms with Gasteiger partial charge in [0.15, 0.2) is 5.82 Å².